The highest BCUT2D eigenvalue weighted by molar-refractivity contribution is 7.83. The molecule has 0 aliphatic heterocycles. The van der Waals surface area contributed by atoms with E-state index in [1.54, 1.807) is 28.2 Å². The van der Waals surface area contributed by atoms with Crippen LogP contribution in [0.1, 0.15) is 11.3 Å². The number of nitrogens with zero attached hydrogens (tertiary/aromatic N) is 2. The number of hydrogen-bond donors (Lipinski definition) is 0. The zero-order valence-electron chi connectivity index (χ0n) is 12.1. The first-order valence-electron chi connectivity index (χ1n) is 6.74. The minimum absolute atomic E-state index is 0.0434. The van der Waals surface area contributed by atoms with Gasteiger partial charge in [0.1, 0.15) is 0 Å². The molecule has 2 aromatic carbocycles. The molecule has 0 radical (unpaired) electrons. The number of fused-ring (bicyclic) bond motifs is 1. The summed E-state index contributed by atoms with van der Waals surface area (Å²) in [6.45, 7) is 3.66. The quantitative estimate of drug-likeness (QED) is 0.546. The second-order valence-electron chi connectivity index (χ2n) is 5.00. The SMILES string of the molecule is Cc1c(C)n(S(=O)c2ccccc2)c2cccc([N+](=O)[O-])c12. The van der Waals surface area contributed by atoms with E-state index in [1.807, 2.05) is 32.0 Å². The Hall–Kier alpha value is -2.47. The Kier molecular flexibility index (Phi) is 3.54. The molecule has 0 fully saturated rings. The van der Waals surface area contributed by atoms with Gasteiger partial charge in [-0.1, -0.05) is 24.3 Å². The van der Waals surface area contributed by atoms with Crippen LogP contribution >= 0.6 is 0 Å². The Morgan fingerprint density at radius 2 is 1.73 bits per heavy atom. The van der Waals surface area contributed by atoms with E-state index < -0.39 is 15.9 Å². The molecule has 0 aliphatic rings. The van der Waals surface area contributed by atoms with E-state index in [0.717, 1.165) is 11.3 Å². The molecule has 6 heteroatoms. The Balaban J connectivity index is 2.32. The first kappa shape index (κ1) is 14.5. The van der Waals surface area contributed by atoms with Crippen molar-refractivity contribution < 1.29 is 9.13 Å². The lowest BCUT2D eigenvalue weighted by Gasteiger charge is -2.07. The minimum Gasteiger partial charge on any atom is -0.259 e. The third-order valence-corrected chi connectivity index (χ3v) is 5.25. The van der Waals surface area contributed by atoms with Gasteiger partial charge in [-0.05, 0) is 37.6 Å². The van der Waals surface area contributed by atoms with E-state index in [1.165, 1.54) is 6.07 Å². The van der Waals surface area contributed by atoms with Crippen LogP contribution in [0.2, 0.25) is 0 Å². The second kappa shape index (κ2) is 5.38. The predicted molar refractivity (Wildman–Crippen MR) is 86.3 cm³/mol. The highest BCUT2D eigenvalue weighted by atomic mass is 32.2. The maximum Gasteiger partial charge on any atom is 0.279 e. The number of benzene rings is 2. The van der Waals surface area contributed by atoms with Crippen molar-refractivity contribution in [1.29, 1.82) is 0 Å². The fourth-order valence-electron chi connectivity index (χ4n) is 2.60. The largest absolute Gasteiger partial charge is 0.279 e. The molecule has 5 nitrogen and oxygen atoms in total. The molecule has 0 amide bonds. The highest BCUT2D eigenvalue weighted by Crippen LogP contribution is 2.34. The van der Waals surface area contributed by atoms with Gasteiger partial charge in [0.15, 0.2) is 11.0 Å². The topological polar surface area (TPSA) is 65.1 Å². The van der Waals surface area contributed by atoms with Gasteiger partial charge < -0.3 is 0 Å². The molecule has 0 saturated carbocycles. The summed E-state index contributed by atoms with van der Waals surface area (Å²) in [4.78, 5) is 11.5. The molecule has 0 aliphatic carbocycles. The molecule has 1 unspecified atom stereocenters. The number of aryl methyl sites for hydroxylation is 1. The standard InChI is InChI=1S/C16H14N2O3S/c1-11-12(2)17(22(21)13-7-4-3-5-8-13)14-9-6-10-15(16(11)14)18(19)20/h3-10H,1-2H3. The van der Waals surface area contributed by atoms with E-state index >= 15 is 0 Å². The van der Waals surface area contributed by atoms with Crippen molar-refractivity contribution in [2.45, 2.75) is 18.7 Å². The molecule has 0 N–H and O–H groups in total. The summed E-state index contributed by atoms with van der Waals surface area (Å²) < 4.78 is 14.5. The van der Waals surface area contributed by atoms with Crippen molar-refractivity contribution in [2.75, 3.05) is 0 Å². The Morgan fingerprint density at radius 3 is 2.36 bits per heavy atom. The Labute approximate surface area is 129 Å². The smallest absolute Gasteiger partial charge is 0.259 e. The van der Waals surface area contributed by atoms with Crippen LogP contribution in [0, 0.1) is 24.0 Å². The zero-order chi connectivity index (χ0) is 15.9. The summed E-state index contributed by atoms with van der Waals surface area (Å²) in [5, 5.41) is 11.8. The molecule has 1 atom stereocenters. The van der Waals surface area contributed by atoms with Crippen LogP contribution in [-0.2, 0) is 11.0 Å². The van der Waals surface area contributed by atoms with Gasteiger partial charge in [0, 0.05) is 11.8 Å². The molecular formula is C16H14N2O3S. The molecule has 0 spiro atoms. The van der Waals surface area contributed by atoms with Gasteiger partial charge in [-0.3, -0.25) is 14.1 Å². The average Bonchev–Trinajstić information content (AvgIpc) is 2.79. The normalized spacial score (nSPS) is 12.5. The summed E-state index contributed by atoms with van der Waals surface area (Å²) in [5.74, 6) is 0. The molecule has 3 rings (SSSR count). The third-order valence-electron chi connectivity index (χ3n) is 3.77. The number of nitro benzene ring substituents is 1. The maximum atomic E-state index is 12.9. The van der Waals surface area contributed by atoms with Crippen LogP contribution in [-0.4, -0.2) is 13.1 Å². The molecule has 22 heavy (non-hydrogen) atoms. The van der Waals surface area contributed by atoms with E-state index in [4.69, 9.17) is 0 Å². The molecule has 0 saturated heterocycles. The number of nitro groups is 1. The number of hydrogen-bond acceptors (Lipinski definition) is 3. The van der Waals surface area contributed by atoms with Crippen LogP contribution in [0.25, 0.3) is 10.9 Å². The summed E-state index contributed by atoms with van der Waals surface area (Å²) >= 11 is 0. The number of non-ortho nitro benzene ring substituents is 1. The lowest BCUT2D eigenvalue weighted by atomic mass is 10.1. The Bertz CT molecular complexity index is 901. The zero-order valence-corrected chi connectivity index (χ0v) is 13.0. The van der Waals surface area contributed by atoms with Gasteiger partial charge in [0.25, 0.3) is 5.69 Å². The second-order valence-corrected chi connectivity index (χ2v) is 6.33. The van der Waals surface area contributed by atoms with E-state index in [-0.39, 0.29) is 5.69 Å². The maximum absolute atomic E-state index is 12.9. The molecule has 1 heterocycles. The first-order chi connectivity index (χ1) is 10.5. The summed E-state index contributed by atoms with van der Waals surface area (Å²) in [5.41, 5.74) is 2.21. The van der Waals surface area contributed by atoms with E-state index in [0.29, 0.717) is 15.8 Å². The van der Waals surface area contributed by atoms with E-state index in [9.17, 15) is 14.3 Å². The van der Waals surface area contributed by atoms with Crippen molar-refractivity contribution in [3.63, 3.8) is 0 Å². The summed E-state index contributed by atoms with van der Waals surface area (Å²) in [7, 11) is -1.44. The first-order valence-corrected chi connectivity index (χ1v) is 7.85. The van der Waals surface area contributed by atoms with Gasteiger partial charge in [-0.2, -0.15) is 0 Å². The van der Waals surface area contributed by atoms with Crippen LogP contribution in [0.5, 0.6) is 0 Å². The monoisotopic (exact) mass is 314 g/mol. The highest BCUT2D eigenvalue weighted by Gasteiger charge is 2.22. The van der Waals surface area contributed by atoms with Crippen molar-refractivity contribution >= 4 is 27.6 Å². The molecular weight excluding hydrogens is 300 g/mol. The fraction of sp³-hybridized carbons (Fsp3) is 0.125. The van der Waals surface area contributed by atoms with Gasteiger partial charge in [0.2, 0.25) is 0 Å². The van der Waals surface area contributed by atoms with Crippen molar-refractivity contribution in [1.82, 2.24) is 3.97 Å². The van der Waals surface area contributed by atoms with E-state index in [2.05, 4.69) is 0 Å². The van der Waals surface area contributed by atoms with Crippen molar-refractivity contribution in [3.05, 3.63) is 69.9 Å². The number of aromatic nitrogens is 1. The Morgan fingerprint density at radius 1 is 1.05 bits per heavy atom. The summed E-state index contributed by atoms with van der Waals surface area (Å²) in [6.07, 6.45) is 0. The summed E-state index contributed by atoms with van der Waals surface area (Å²) in [6, 6.07) is 13.9. The van der Waals surface area contributed by atoms with Crippen LogP contribution in [0.3, 0.4) is 0 Å². The lowest BCUT2D eigenvalue weighted by Crippen LogP contribution is -2.06. The van der Waals surface area contributed by atoms with Crippen LogP contribution in [0.15, 0.2) is 53.4 Å². The number of rotatable bonds is 3. The third kappa shape index (κ3) is 2.12. The average molecular weight is 314 g/mol. The van der Waals surface area contributed by atoms with Crippen molar-refractivity contribution in [3.8, 4) is 0 Å². The molecule has 0 bridgehead atoms. The predicted octanol–water partition coefficient (Wildman–Crippen LogP) is 3.74. The van der Waals surface area contributed by atoms with Gasteiger partial charge >= 0.3 is 0 Å². The molecule has 112 valence electrons. The van der Waals surface area contributed by atoms with Crippen molar-refractivity contribution in [2.24, 2.45) is 0 Å². The van der Waals surface area contributed by atoms with Crippen LogP contribution < -0.4 is 0 Å². The lowest BCUT2D eigenvalue weighted by molar-refractivity contribution is -0.383. The minimum atomic E-state index is -1.44. The van der Waals surface area contributed by atoms with Gasteiger partial charge in [-0.15, -0.1) is 0 Å². The van der Waals surface area contributed by atoms with Gasteiger partial charge in [0.05, 0.1) is 20.7 Å². The fourth-order valence-corrected chi connectivity index (χ4v) is 3.92. The molecule has 1 aromatic heterocycles. The van der Waals surface area contributed by atoms with Gasteiger partial charge in [-0.25, -0.2) is 4.21 Å². The van der Waals surface area contributed by atoms with Crippen LogP contribution in [0.4, 0.5) is 5.69 Å². The molecule has 3 aromatic rings.